The zero-order chi connectivity index (χ0) is 15.8. The fraction of sp³-hybridized carbons (Fsp3) is 0.167. The summed E-state index contributed by atoms with van der Waals surface area (Å²) in [5.41, 5.74) is 1.74. The van der Waals surface area contributed by atoms with Gasteiger partial charge in [-0.1, -0.05) is 48.0 Å². The molecule has 0 bridgehead atoms. The average molecular weight is 321 g/mol. The van der Waals surface area contributed by atoms with Crippen LogP contribution >= 0.6 is 11.6 Å². The molecule has 1 aliphatic rings. The fourth-order valence-corrected chi connectivity index (χ4v) is 2.76. The lowest BCUT2D eigenvalue weighted by atomic mass is 10.0. The second-order valence-electron chi connectivity index (χ2n) is 5.65. The van der Waals surface area contributed by atoms with Crippen LogP contribution < -0.4 is 5.32 Å². The van der Waals surface area contributed by atoms with E-state index in [2.05, 4.69) is 27.4 Å². The summed E-state index contributed by atoms with van der Waals surface area (Å²) in [4.78, 5) is 8.73. The molecule has 2 aromatic carbocycles. The minimum atomic E-state index is 0.189. The van der Waals surface area contributed by atoms with Crippen molar-refractivity contribution in [3.05, 3.63) is 53.2 Å². The summed E-state index contributed by atoms with van der Waals surface area (Å²) in [6.07, 6.45) is 2.23. The van der Waals surface area contributed by atoms with E-state index in [9.17, 15) is 5.26 Å². The van der Waals surface area contributed by atoms with Crippen LogP contribution in [-0.2, 0) is 0 Å². The van der Waals surface area contributed by atoms with Gasteiger partial charge in [-0.25, -0.2) is 4.98 Å². The Balaban J connectivity index is 1.87. The van der Waals surface area contributed by atoms with Crippen LogP contribution in [0.5, 0.6) is 0 Å². The zero-order valence-corrected chi connectivity index (χ0v) is 13.0. The van der Waals surface area contributed by atoms with Crippen LogP contribution in [-0.4, -0.2) is 16.0 Å². The van der Waals surface area contributed by atoms with Crippen molar-refractivity contribution >= 4 is 28.3 Å². The number of nitrogens with one attached hydrogen (secondary N) is 1. The van der Waals surface area contributed by atoms with Crippen molar-refractivity contribution in [1.29, 1.82) is 5.26 Å². The minimum Gasteiger partial charge on any atom is -0.351 e. The van der Waals surface area contributed by atoms with Gasteiger partial charge in [0.15, 0.2) is 5.15 Å². The van der Waals surface area contributed by atoms with Crippen LogP contribution in [0.2, 0.25) is 5.15 Å². The van der Waals surface area contributed by atoms with Crippen LogP contribution in [0.15, 0.2) is 42.5 Å². The van der Waals surface area contributed by atoms with Crippen molar-refractivity contribution < 1.29 is 0 Å². The van der Waals surface area contributed by atoms with Gasteiger partial charge in [0, 0.05) is 11.6 Å². The standard InChI is InChI=1S/C18H13ClN4/c19-17-15(10-20)16(22-18(23-17)21-14-7-8-14)13-6-5-11-3-1-2-4-12(11)9-13/h1-6,9,14H,7-8H2,(H,21,22,23). The number of nitrogens with zero attached hydrogens (tertiary/aromatic N) is 3. The van der Waals surface area contributed by atoms with Crippen LogP contribution in [0.1, 0.15) is 18.4 Å². The van der Waals surface area contributed by atoms with E-state index >= 15 is 0 Å². The first kappa shape index (κ1) is 14.0. The molecule has 3 aromatic rings. The molecular weight excluding hydrogens is 308 g/mol. The van der Waals surface area contributed by atoms with Crippen molar-refractivity contribution in [2.24, 2.45) is 0 Å². The minimum absolute atomic E-state index is 0.189. The molecule has 0 unspecified atom stereocenters. The van der Waals surface area contributed by atoms with Gasteiger partial charge in [-0.05, 0) is 29.7 Å². The molecule has 1 fully saturated rings. The van der Waals surface area contributed by atoms with E-state index in [0.29, 0.717) is 23.2 Å². The third-order valence-electron chi connectivity index (χ3n) is 3.91. The molecule has 112 valence electrons. The van der Waals surface area contributed by atoms with Gasteiger partial charge in [-0.3, -0.25) is 0 Å². The van der Waals surface area contributed by atoms with Gasteiger partial charge in [-0.15, -0.1) is 0 Å². The summed E-state index contributed by atoms with van der Waals surface area (Å²) in [6, 6.07) is 16.6. The highest BCUT2D eigenvalue weighted by atomic mass is 35.5. The first-order chi connectivity index (χ1) is 11.2. The summed E-state index contributed by atoms with van der Waals surface area (Å²) in [5.74, 6) is 0.486. The molecular formula is C18H13ClN4. The lowest BCUT2D eigenvalue weighted by Gasteiger charge is -2.10. The third-order valence-corrected chi connectivity index (χ3v) is 4.18. The number of fused-ring (bicyclic) bond motifs is 1. The van der Waals surface area contributed by atoms with Gasteiger partial charge in [0.25, 0.3) is 0 Å². The van der Waals surface area contributed by atoms with Gasteiger partial charge in [0.1, 0.15) is 11.6 Å². The monoisotopic (exact) mass is 320 g/mol. The topological polar surface area (TPSA) is 61.6 Å². The van der Waals surface area contributed by atoms with Crippen LogP contribution in [0.3, 0.4) is 0 Å². The summed E-state index contributed by atoms with van der Waals surface area (Å²) in [6.45, 7) is 0. The maximum atomic E-state index is 9.42. The first-order valence-electron chi connectivity index (χ1n) is 7.48. The molecule has 1 saturated carbocycles. The van der Waals surface area contributed by atoms with Crippen molar-refractivity contribution in [1.82, 2.24) is 9.97 Å². The van der Waals surface area contributed by atoms with Crippen LogP contribution in [0.4, 0.5) is 5.95 Å². The summed E-state index contributed by atoms with van der Waals surface area (Å²) >= 11 is 6.19. The van der Waals surface area contributed by atoms with E-state index in [0.717, 1.165) is 29.2 Å². The maximum Gasteiger partial charge on any atom is 0.224 e. The maximum absolute atomic E-state index is 9.42. The van der Waals surface area contributed by atoms with Crippen LogP contribution in [0.25, 0.3) is 22.0 Å². The molecule has 23 heavy (non-hydrogen) atoms. The number of nitriles is 1. The number of hydrogen-bond donors (Lipinski definition) is 1. The predicted molar refractivity (Wildman–Crippen MR) is 91.3 cm³/mol. The van der Waals surface area contributed by atoms with Crippen LogP contribution in [0, 0.1) is 11.3 Å². The average Bonchev–Trinajstić information content (AvgIpc) is 3.38. The molecule has 1 aliphatic carbocycles. The number of rotatable bonds is 3. The Morgan fingerprint density at radius 1 is 1.09 bits per heavy atom. The fourth-order valence-electron chi connectivity index (χ4n) is 2.55. The molecule has 1 N–H and O–H groups in total. The summed E-state index contributed by atoms with van der Waals surface area (Å²) in [5, 5.41) is 15.1. The van der Waals surface area contributed by atoms with Gasteiger partial charge in [-0.2, -0.15) is 10.2 Å². The summed E-state index contributed by atoms with van der Waals surface area (Å²) < 4.78 is 0. The SMILES string of the molecule is N#Cc1c(Cl)nc(NC2CC2)nc1-c1ccc2ccccc2c1. The molecule has 1 heterocycles. The molecule has 0 spiro atoms. The zero-order valence-electron chi connectivity index (χ0n) is 12.3. The molecule has 0 aliphatic heterocycles. The predicted octanol–water partition coefficient (Wildman–Crippen LogP) is 4.40. The smallest absolute Gasteiger partial charge is 0.224 e. The highest BCUT2D eigenvalue weighted by molar-refractivity contribution is 6.31. The number of aromatic nitrogens is 2. The molecule has 0 atom stereocenters. The van der Waals surface area contributed by atoms with Crippen molar-refractivity contribution in [3.63, 3.8) is 0 Å². The molecule has 1 aromatic heterocycles. The van der Waals surface area contributed by atoms with Crippen molar-refractivity contribution in [3.8, 4) is 17.3 Å². The third kappa shape index (κ3) is 2.71. The molecule has 0 radical (unpaired) electrons. The Hall–Kier alpha value is -2.64. The second kappa shape index (κ2) is 5.53. The van der Waals surface area contributed by atoms with E-state index in [4.69, 9.17) is 11.6 Å². The molecule has 0 amide bonds. The normalized spacial score (nSPS) is 13.7. The Labute approximate surface area is 138 Å². The van der Waals surface area contributed by atoms with Gasteiger partial charge < -0.3 is 5.32 Å². The largest absolute Gasteiger partial charge is 0.351 e. The number of anilines is 1. The Bertz CT molecular complexity index is 941. The Morgan fingerprint density at radius 3 is 2.61 bits per heavy atom. The molecule has 4 nitrogen and oxygen atoms in total. The van der Waals surface area contributed by atoms with Gasteiger partial charge in [0.05, 0.1) is 5.69 Å². The van der Waals surface area contributed by atoms with E-state index in [-0.39, 0.29) is 5.15 Å². The summed E-state index contributed by atoms with van der Waals surface area (Å²) in [7, 11) is 0. The number of halogens is 1. The van der Waals surface area contributed by atoms with Gasteiger partial charge >= 0.3 is 0 Å². The van der Waals surface area contributed by atoms with E-state index in [1.165, 1.54) is 0 Å². The lowest BCUT2D eigenvalue weighted by Crippen LogP contribution is -2.07. The number of benzene rings is 2. The highest BCUT2D eigenvalue weighted by Gasteiger charge is 2.23. The highest BCUT2D eigenvalue weighted by Crippen LogP contribution is 2.31. The van der Waals surface area contributed by atoms with Crippen molar-refractivity contribution in [2.75, 3.05) is 5.32 Å². The van der Waals surface area contributed by atoms with E-state index in [1.54, 1.807) is 0 Å². The second-order valence-corrected chi connectivity index (χ2v) is 6.01. The Morgan fingerprint density at radius 2 is 1.87 bits per heavy atom. The molecule has 4 rings (SSSR count). The van der Waals surface area contributed by atoms with E-state index in [1.807, 2.05) is 36.4 Å². The number of hydrogen-bond acceptors (Lipinski definition) is 4. The van der Waals surface area contributed by atoms with Crippen molar-refractivity contribution in [2.45, 2.75) is 18.9 Å². The van der Waals surface area contributed by atoms with E-state index < -0.39 is 0 Å². The lowest BCUT2D eigenvalue weighted by molar-refractivity contribution is 1.05. The molecule has 5 heteroatoms. The van der Waals surface area contributed by atoms with Gasteiger partial charge in [0.2, 0.25) is 5.95 Å². The Kier molecular flexibility index (Phi) is 3.36. The molecule has 0 saturated heterocycles. The first-order valence-corrected chi connectivity index (χ1v) is 7.86. The quantitative estimate of drug-likeness (QED) is 0.727.